The van der Waals surface area contributed by atoms with E-state index in [1.165, 1.54) is 24.1 Å². The minimum atomic E-state index is 1.03. The molecule has 0 aliphatic carbocycles. The third-order valence-corrected chi connectivity index (χ3v) is 3.38. The van der Waals surface area contributed by atoms with Crippen molar-refractivity contribution >= 4 is 21.6 Å². The molecule has 15 heavy (non-hydrogen) atoms. The summed E-state index contributed by atoms with van der Waals surface area (Å²) in [5.74, 6) is 0. The van der Waals surface area contributed by atoms with E-state index in [0.29, 0.717) is 0 Å². The van der Waals surface area contributed by atoms with Crippen LogP contribution in [-0.4, -0.2) is 9.38 Å². The highest BCUT2D eigenvalue weighted by Gasteiger charge is 2.08. The van der Waals surface area contributed by atoms with E-state index in [2.05, 4.69) is 57.5 Å². The van der Waals surface area contributed by atoms with Gasteiger partial charge in [0, 0.05) is 6.20 Å². The summed E-state index contributed by atoms with van der Waals surface area (Å²) >= 11 is 3.62. The lowest BCUT2D eigenvalue weighted by Gasteiger charge is -1.97. The number of aromatic nitrogens is 2. The molecule has 80 valence electrons. The van der Waals surface area contributed by atoms with Gasteiger partial charge in [-0.15, -0.1) is 0 Å². The first-order valence-corrected chi connectivity index (χ1v) is 6.14. The molecular formula is C12H15BrN2. The Labute approximate surface area is 98.5 Å². The molecule has 2 aromatic heterocycles. The van der Waals surface area contributed by atoms with Crippen molar-refractivity contribution in [2.24, 2.45) is 0 Å². The van der Waals surface area contributed by atoms with E-state index in [-0.39, 0.29) is 0 Å². The zero-order valence-electron chi connectivity index (χ0n) is 9.13. The minimum absolute atomic E-state index is 1.03. The van der Waals surface area contributed by atoms with Crippen LogP contribution in [0.2, 0.25) is 0 Å². The summed E-state index contributed by atoms with van der Waals surface area (Å²) in [5, 5.41) is 0. The van der Waals surface area contributed by atoms with Crippen LogP contribution in [0.25, 0.3) is 5.65 Å². The quantitative estimate of drug-likeness (QED) is 0.827. The van der Waals surface area contributed by atoms with E-state index in [1.807, 2.05) is 0 Å². The molecule has 2 aromatic rings. The Kier molecular flexibility index (Phi) is 3.10. The normalized spacial score (nSPS) is 11.1. The highest BCUT2D eigenvalue weighted by molar-refractivity contribution is 9.10. The number of halogens is 1. The van der Waals surface area contributed by atoms with Crippen LogP contribution in [0.4, 0.5) is 0 Å². The summed E-state index contributed by atoms with van der Waals surface area (Å²) in [6.45, 7) is 4.30. The highest BCUT2D eigenvalue weighted by Crippen LogP contribution is 2.21. The molecule has 0 N–H and O–H groups in total. The highest BCUT2D eigenvalue weighted by atomic mass is 79.9. The number of imidazole rings is 1. The Bertz CT molecular complexity index is 474. The van der Waals surface area contributed by atoms with Gasteiger partial charge in [0.05, 0.1) is 5.69 Å². The number of rotatable bonds is 3. The predicted molar refractivity (Wildman–Crippen MR) is 66.2 cm³/mol. The fraction of sp³-hybridized carbons (Fsp3) is 0.417. The second kappa shape index (κ2) is 4.35. The molecule has 3 heteroatoms. The van der Waals surface area contributed by atoms with Crippen molar-refractivity contribution in [2.45, 2.75) is 33.1 Å². The topological polar surface area (TPSA) is 17.3 Å². The van der Waals surface area contributed by atoms with Crippen LogP contribution in [0.15, 0.2) is 22.9 Å². The van der Waals surface area contributed by atoms with Crippen molar-refractivity contribution in [3.05, 3.63) is 34.2 Å². The standard InChI is InChI=1S/C12H15BrN2/c1-3-4-5-10-12(13)15-8-9(2)6-7-11(15)14-10/h6-8H,3-5H2,1-2H3. The summed E-state index contributed by atoms with van der Waals surface area (Å²) in [5.41, 5.74) is 3.45. The van der Waals surface area contributed by atoms with Crippen LogP contribution in [0.5, 0.6) is 0 Å². The van der Waals surface area contributed by atoms with Crippen molar-refractivity contribution in [1.82, 2.24) is 9.38 Å². The van der Waals surface area contributed by atoms with Crippen LogP contribution in [0, 0.1) is 6.92 Å². The van der Waals surface area contributed by atoms with E-state index < -0.39 is 0 Å². The van der Waals surface area contributed by atoms with Gasteiger partial charge in [0.25, 0.3) is 0 Å². The van der Waals surface area contributed by atoms with Crippen LogP contribution in [0.3, 0.4) is 0 Å². The zero-order chi connectivity index (χ0) is 10.8. The molecule has 0 saturated heterocycles. The third-order valence-electron chi connectivity index (χ3n) is 2.54. The molecule has 0 aromatic carbocycles. The molecule has 0 aliphatic rings. The van der Waals surface area contributed by atoms with E-state index in [1.54, 1.807) is 0 Å². The van der Waals surface area contributed by atoms with Gasteiger partial charge in [-0.3, -0.25) is 4.40 Å². The fourth-order valence-electron chi connectivity index (χ4n) is 1.67. The van der Waals surface area contributed by atoms with Crippen LogP contribution < -0.4 is 0 Å². The molecule has 0 unspecified atom stereocenters. The van der Waals surface area contributed by atoms with Gasteiger partial charge in [0.2, 0.25) is 0 Å². The molecule has 2 heterocycles. The Morgan fingerprint density at radius 1 is 1.40 bits per heavy atom. The summed E-state index contributed by atoms with van der Waals surface area (Å²) in [4.78, 5) is 4.61. The first-order valence-electron chi connectivity index (χ1n) is 5.35. The van der Waals surface area contributed by atoms with Gasteiger partial charge in [0.15, 0.2) is 0 Å². The lowest BCUT2D eigenvalue weighted by Crippen LogP contribution is -1.87. The maximum absolute atomic E-state index is 4.61. The van der Waals surface area contributed by atoms with Crippen LogP contribution in [0.1, 0.15) is 31.0 Å². The Hall–Kier alpha value is -0.830. The van der Waals surface area contributed by atoms with Crippen molar-refractivity contribution in [2.75, 3.05) is 0 Å². The average molecular weight is 267 g/mol. The Balaban J connectivity index is 2.45. The van der Waals surface area contributed by atoms with Gasteiger partial charge in [-0.2, -0.15) is 0 Å². The number of nitrogens with zero attached hydrogens (tertiary/aromatic N) is 2. The maximum atomic E-state index is 4.61. The van der Waals surface area contributed by atoms with Gasteiger partial charge < -0.3 is 0 Å². The molecule has 0 aliphatic heterocycles. The number of pyridine rings is 1. The third kappa shape index (κ3) is 2.07. The van der Waals surface area contributed by atoms with E-state index in [9.17, 15) is 0 Å². The number of hydrogen-bond donors (Lipinski definition) is 0. The average Bonchev–Trinajstić information content (AvgIpc) is 2.53. The maximum Gasteiger partial charge on any atom is 0.137 e. The van der Waals surface area contributed by atoms with E-state index in [4.69, 9.17) is 0 Å². The van der Waals surface area contributed by atoms with Gasteiger partial charge >= 0.3 is 0 Å². The summed E-state index contributed by atoms with van der Waals surface area (Å²) in [6.07, 6.45) is 5.57. The molecule has 0 bridgehead atoms. The molecule has 2 nitrogen and oxygen atoms in total. The second-order valence-electron chi connectivity index (χ2n) is 3.89. The lowest BCUT2D eigenvalue weighted by atomic mass is 10.2. The fourth-order valence-corrected chi connectivity index (χ4v) is 2.25. The van der Waals surface area contributed by atoms with E-state index in [0.717, 1.165) is 16.7 Å². The SMILES string of the molecule is CCCCc1nc2ccc(C)cn2c1Br. The molecule has 0 spiro atoms. The molecule has 0 fully saturated rings. The van der Waals surface area contributed by atoms with Gasteiger partial charge in [0.1, 0.15) is 10.3 Å². The van der Waals surface area contributed by atoms with Crippen molar-refractivity contribution in [1.29, 1.82) is 0 Å². The molecule has 0 atom stereocenters. The molecule has 2 rings (SSSR count). The van der Waals surface area contributed by atoms with Gasteiger partial charge in [-0.1, -0.05) is 19.4 Å². The second-order valence-corrected chi connectivity index (χ2v) is 4.64. The molecular weight excluding hydrogens is 252 g/mol. The van der Waals surface area contributed by atoms with Gasteiger partial charge in [-0.25, -0.2) is 4.98 Å². The smallest absolute Gasteiger partial charge is 0.137 e. The molecule has 0 amide bonds. The monoisotopic (exact) mass is 266 g/mol. The van der Waals surface area contributed by atoms with Crippen LogP contribution >= 0.6 is 15.9 Å². The number of fused-ring (bicyclic) bond motifs is 1. The van der Waals surface area contributed by atoms with Crippen LogP contribution in [-0.2, 0) is 6.42 Å². The largest absolute Gasteiger partial charge is 0.294 e. The van der Waals surface area contributed by atoms with E-state index >= 15 is 0 Å². The molecule has 0 radical (unpaired) electrons. The Morgan fingerprint density at radius 2 is 2.20 bits per heavy atom. The van der Waals surface area contributed by atoms with Gasteiger partial charge in [-0.05, 0) is 47.3 Å². The number of hydrogen-bond acceptors (Lipinski definition) is 1. The molecule has 0 saturated carbocycles. The number of aryl methyl sites for hydroxylation is 2. The zero-order valence-corrected chi connectivity index (χ0v) is 10.7. The number of unbranched alkanes of at least 4 members (excludes halogenated alkanes) is 1. The lowest BCUT2D eigenvalue weighted by molar-refractivity contribution is 0.778. The predicted octanol–water partition coefficient (Wildman–Crippen LogP) is 3.75. The van der Waals surface area contributed by atoms with Crippen molar-refractivity contribution in [3.63, 3.8) is 0 Å². The first kappa shape index (κ1) is 10.7. The first-order chi connectivity index (χ1) is 7.22. The summed E-state index contributed by atoms with van der Waals surface area (Å²) in [7, 11) is 0. The van der Waals surface area contributed by atoms with Crippen molar-refractivity contribution in [3.8, 4) is 0 Å². The minimum Gasteiger partial charge on any atom is -0.294 e. The summed E-state index contributed by atoms with van der Waals surface area (Å²) in [6, 6.07) is 4.16. The Morgan fingerprint density at radius 3 is 2.93 bits per heavy atom. The summed E-state index contributed by atoms with van der Waals surface area (Å²) < 4.78 is 3.22. The van der Waals surface area contributed by atoms with Crippen molar-refractivity contribution < 1.29 is 0 Å².